The van der Waals surface area contributed by atoms with Gasteiger partial charge in [0, 0.05) is 6.42 Å². The standard InChI is InChI=1S/C24H44O4/c1-2-3-4-12-17-22(25)18-13-9-7-5-6-8-10-14-19-23(26)20-15-11-16-21-24(27)28/h3-4,9,13,22-23,25-26H,2,5-8,10-12,14-21H2,1H3,(H,27,28)/b4-3-,13-9-. The first kappa shape index (κ1) is 26.9. The zero-order valence-corrected chi connectivity index (χ0v) is 18.0. The Hall–Kier alpha value is -1.13. The number of hydrogen-bond acceptors (Lipinski definition) is 3. The number of carboxylic acids is 1. The van der Waals surface area contributed by atoms with Gasteiger partial charge in [-0.05, 0) is 57.8 Å². The van der Waals surface area contributed by atoms with E-state index < -0.39 is 5.97 Å². The smallest absolute Gasteiger partial charge is 0.303 e. The van der Waals surface area contributed by atoms with Crippen LogP contribution in [0.5, 0.6) is 0 Å². The minimum Gasteiger partial charge on any atom is -0.481 e. The van der Waals surface area contributed by atoms with E-state index in [0.717, 1.165) is 64.2 Å². The summed E-state index contributed by atoms with van der Waals surface area (Å²) in [6.07, 6.45) is 23.2. The molecule has 4 heteroatoms. The highest BCUT2D eigenvalue weighted by molar-refractivity contribution is 5.66. The van der Waals surface area contributed by atoms with Crippen molar-refractivity contribution in [3.05, 3.63) is 24.3 Å². The number of aliphatic hydroxyl groups is 2. The summed E-state index contributed by atoms with van der Waals surface area (Å²) in [7, 11) is 0. The second-order valence-electron chi connectivity index (χ2n) is 7.81. The minimum atomic E-state index is -0.732. The van der Waals surface area contributed by atoms with Gasteiger partial charge in [-0.25, -0.2) is 0 Å². The van der Waals surface area contributed by atoms with Crippen LogP contribution in [0.1, 0.15) is 110 Å². The fourth-order valence-electron chi connectivity index (χ4n) is 3.21. The molecule has 0 aliphatic carbocycles. The van der Waals surface area contributed by atoms with Gasteiger partial charge >= 0.3 is 5.97 Å². The molecule has 2 atom stereocenters. The average Bonchev–Trinajstić information content (AvgIpc) is 2.66. The van der Waals surface area contributed by atoms with Crippen molar-refractivity contribution in [1.29, 1.82) is 0 Å². The lowest BCUT2D eigenvalue weighted by Gasteiger charge is -2.10. The van der Waals surface area contributed by atoms with Gasteiger partial charge < -0.3 is 15.3 Å². The molecular formula is C24H44O4. The molecule has 0 aromatic carbocycles. The molecule has 164 valence electrons. The molecule has 3 N–H and O–H groups in total. The number of carbonyl (C=O) groups is 1. The van der Waals surface area contributed by atoms with Crippen LogP contribution in [-0.2, 0) is 4.79 Å². The molecule has 0 aromatic heterocycles. The van der Waals surface area contributed by atoms with Crippen molar-refractivity contribution in [3.63, 3.8) is 0 Å². The van der Waals surface area contributed by atoms with E-state index in [1.807, 2.05) is 0 Å². The molecule has 2 unspecified atom stereocenters. The molecule has 0 heterocycles. The number of aliphatic carboxylic acids is 1. The van der Waals surface area contributed by atoms with Crippen LogP contribution in [0.25, 0.3) is 0 Å². The van der Waals surface area contributed by atoms with E-state index in [2.05, 4.69) is 31.2 Å². The lowest BCUT2D eigenvalue weighted by atomic mass is 10.0. The van der Waals surface area contributed by atoms with Crippen LogP contribution in [0, 0.1) is 0 Å². The lowest BCUT2D eigenvalue weighted by Crippen LogP contribution is -2.06. The normalized spacial score (nSPS) is 14.1. The van der Waals surface area contributed by atoms with Gasteiger partial charge in [-0.2, -0.15) is 0 Å². The fourth-order valence-corrected chi connectivity index (χ4v) is 3.21. The molecular weight excluding hydrogens is 352 g/mol. The van der Waals surface area contributed by atoms with E-state index in [1.165, 1.54) is 25.7 Å². The Kier molecular flexibility index (Phi) is 19.8. The fraction of sp³-hybridized carbons (Fsp3) is 0.792. The summed E-state index contributed by atoms with van der Waals surface area (Å²) in [6, 6.07) is 0. The topological polar surface area (TPSA) is 77.8 Å². The molecule has 0 amide bonds. The molecule has 0 aliphatic heterocycles. The second-order valence-corrected chi connectivity index (χ2v) is 7.81. The summed E-state index contributed by atoms with van der Waals surface area (Å²) in [6.45, 7) is 2.12. The highest BCUT2D eigenvalue weighted by Gasteiger charge is 2.04. The lowest BCUT2D eigenvalue weighted by molar-refractivity contribution is -0.137. The molecule has 0 bridgehead atoms. The Morgan fingerprint density at radius 2 is 1.32 bits per heavy atom. The van der Waals surface area contributed by atoms with Crippen molar-refractivity contribution in [2.24, 2.45) is 0 Å². The highest BCUT2D eigenvalue weighted by atomic mass is 16.4. The van der Waals surface area contributed by atoms with Crippen LogP contribution in [0.2, 0.25) is 0 Å². The Morgan fingerprint density at radius 3 is 2.00 bits per heavy atom. The molecule has 0 radical (unpaired) electrons. The third kappa shape index (κ3) is 21.2. The summed E-state index contributed by atoms with van der Waals surface area (Å²) < 4.78 is 0. The number of rotatable bonds is 20. The van der Waals surface area contributed by atoms with Crippen molar-refractivity contribution >= 4 is 5.97 Å². The molecule has 0 aromatic rings. The predicted molar refractivity (Wildman–Crippen MR) is 117 cm³/mol. The van der Waals surface area contributed by atoms with Gasteiger partial charge in [-0.15, -0.1) is 0 Å². The van der Waals surface area contributed by atoms with Gasteiger partial charge in [0.05, 0.1) is 12.2 Å². The first-order valence-electron chi connectivity index (χ1n) is 11.4. The maximum Gasteiger partial charge on any atom is 0.303 e. The summed E-state index contributed by atoms with van der Waals surface area (Å²) in [5.74, 6) is -0.732. The summed E-state index contributed by atoms with van der Waals surface area (Å²) in [4.78, 5) is 10.4. The predicted octanol–water partition coefficient (Wildman–Crippen LogP) is 6.17. The maximum atomic E-state index is 10.4. The van der Waals surface area contributed by atoms with Crippen molar-refractivity contribution in [2.75, 3.05) is 0 Å². The zero-order valence-electron chi connectivity index (χ0n) is 18.0. The Labute approximate surface area is 172 Å². The quantitative estimate of drug-likeness (QED) is 0.170. The molecule has 0 saturated carbocycles. The van der Waals surface area contributed by atoms with Crippen molar-refractivity contribution in [1.82, 2.24) is 0 Å². The van der Waals surface area contributed by atoms with Gasteiger partial charge in [0.25, 0.3) is 0 Å². The second kappa shape index (κ2) is 20.6. The minimum absolute atomic E-state index is 0.221. The van der Waals surface area contributed by atoms with Crippen LogP contribution in [0.15, 0.2) is 24.3 Å². The molecule has 0 rings (SSSR count). The third-order valence-electron chi connectivity index (χ3n) is 4.98. The van der Waals surface area contributed by atoms with Crippen molar-refractivity contribution in [3.8, 4) is 0 Å². The van der Waals surface area contributed by atoms with E-state index in [4.69, 9.17) is 5.11 Å². The van der Waals surface area contributed by atoms with E-state index in [1.54, 1.807) is 0 Å². The summed E-state index contributed by atoms with van der Waals surface area (Å²) >= 11 is 0. The Balaban J connectivity index is 3.35. The molecule has 0 fully saturated rings. The van der Waals surface area contributed by atoms with Gasteiger partial charge in [-0.3, -0.25) is 4.79 Å². The van der Waals surface area contributed by atoms with Gasteiger partial charge in [0.1, 0.15) is 0 Å². The van der Waals surface area contributed by atoms with Crippen molar-refractivity contribution in [2.45, 2.75) is 122 Å². The zero-order chi connectivity index (χ0) is 20.9. The van der Waals surface area contributed by atoms with Gasteiger partial charge in [0.15, 0.2) is 0 Å². The van der Waals surface area contributed by atoms with Gasteiger partial charge in [0.2, 0.25) is 0 Å². The van der Waals surface area contributed by atoms with Crippen LogP contribution in [-0.4, -0.2) is 33.5 Å². The third-order valence-corrected chi connectivity index (χ3v) is 4.98. The number of allylic oxidation sites excluding steroid dienone is 3. The maximum absolute atomic E-state index is 10.4. The van der Waals surface area contributed by atoms with Crippen LogP contribution >= 0.6 is 0 Å². The molecule has 0 saturated heterocycles. The number of hydrogen-bond donors (Lipinski definition) is 3. The first-order valence-corrected chi connectivity index (χ1v) is 11.4. The molecule has 0 aliphatic rings. The van der Waals surface area contributed by atoms with Crippen LogP contribution in [0.4, 0.5) is 0 Å². The first-order chi connectivity index (χ1) is 13.6. The Morgan fingerprint density at radius 1 is 0.714 bits per heavy atom. The average molecular weight is 397 g/mol. The van der Waals surface area contributed by atoms with E-state index in [0.29, 0.717) is 6.42 Å². The SMILES string of the molecule is CC/C=C\CCC(O)C/C=C\CCCCCCCC(O)CCCCCC(=O)O. The molecule has 0 spiro atoms. The van der Waals surface area contributed by atoms with Gasteiger partial charge in [-0.1, -0.05) is 69.8 Å². The Bertz CT molecular complexity index is 403. The molecule has 4 nitrogen and oxygen atoms in total. The molecule has 28 heavy (non-hydrogen) atoms. The monoisotopic (exact) mass is 396 g/mol. The van der Waals surface area contributed by atoms with Crippen LogP contribution in [0.3, 0.4) is 0 Å². The number of aliphatic hydroxyl groups excluding tert-OH is 2. The highest BCUT2D eigenvalue weighted by Crippen LogP contribution is 2.13. The van der Waals surface area contributed by atoms with E-state index >= 15 is 0 Å². The van der Waals surface area contributed by atoms with Crippen LogP contribution < -0.4 is 0 Å². The van der Waals surface area contributed by atoms with Crippen molar-refractivity contribution < 1.29 is 20.1 Å². The number of carboxylic acid groups (broad SMARTS) is 1. The summed E-state index contributed by atoms with van der Waals surface area (Å²) in [5, 5.41) is 28.4. The summed E-state index contributed by atoms with van der Waals surface area (Å²) in [5.41, 5.74) is 0. The van der Waals surface area contributed by atoms with E-state index in [9.17, 15) is 15.0 Å². The number of unbranched alkanes of at least 4 members (excludes halogenated alkanes) is 7. The van der Waals surface area contributed by atoms with E-state index in [-0.39, 0.29) is 18.6 Å². The largest absolute Gasteiger partial charge is 0.481 e.